The van der Waals surface area contributed by atoms with Crippen molar-refractivity contribution in [2.45, 2.75) is 0 Å². The van der Waals surface area contributed by atoms with Gasteiger partial charge in [0.1, 0.15) is 5.75 Å². The number of hydrogen-bond donors (Lipinski definition) is 0. The zero-order valence-electron chi connectivity index (χ0n) is 14.7. The lowest BCUT2D eigenvalue weighted by atomic mass is 10.1. The van der Waals surface area contributed by atoms with Crippen LogP contribution in [0.3, 0.4) is 0 Å². The highest BCUT2D eigenvalue weighted by Crippen LogP contribution is 2.25. The predicted molar refractivity (Wildman–Crippen MR) is 105 cm³/mol. The number of aromatic nitrogens is 2. The molecule has 0 aliphatic carbocycles. The summed E-state index contributed by atoms with van der Waals surface area (Å²) in [4.78, 5) is 22.4. The molecule has 0 bridgehead atoms. The van der Waals surface area contributed by atoms with Crippen molar-refractivity contribution in [3.05, 3.63) is 90.9 Å². The van der Waals surface area contributed by atoms with Gasteiger partial charge in [0, 0.05) is 25.5 Å². The molecular weight excluding hydrogens is 338 g/mol. The summed E-state index contributed by atoms with van der Waals surface area (Å²) >= 11 is 0. The molecule has 0 aliphatic rings. The van der Waals surface area contributed by atoms with E-state index < -0.39 is 0 Å². The van der Waals surface area contributed by atoms with Gasteiger partial charge in [-0.1, -0.05) is 30.3 Å². The van der Waals surface area contributed by atoms with Crippen LogP contribution in [-0.4, -0.2) is 22.9 Å². The van der Waals surface area contributed by atoms with E-state index in [1.165, 1.54) is 11.1 Å². The van der Waals surface area contributed by atoms with Crippen molar-refractivity contribution < 1.29 is 9.53 Å². The summed E-state index contributed by atoms with van der Waals surface area (Å²) in [7, 11) is 1.71. The molecule has 0 N–H and O–H groups in total. The van der Waals surface area contributed by atoms with Gasteiger partial charge in [-0.25, -0.2) is 4.98 Å². The molecule has 0 saturated heterocycles. The number of hydrogen-bond acceptors (Lipinski definition) is 4. The number of carbonyl (C=O) groups is 1. The first-order valence-corrected chi connectivity index (χ1v) is 8.51. The van der Waals surface area contributed by atoms with E-state index in [4.69, 9.17) is 4.74 Å². The second-order valence-electron chi connectivity index (χ2n) is 6.07. The summed E-state index contributed by atoms with van der Waals surface area (Å²) in [5.41, 5.74) is 1.20. The van der Waals surface area contributed by atoms with Crippen LogP contribution in [0.4, 0.5) is 5.69 Å². The van der Waals surface area contributed by atoms with E-state index >= 15 is 0 Å². The molecule has 5 nitrogen and oxygen atoms in total. The molecule has 0 spiro atoms. The van der Waals surface area contributed by atoms with Crippen LogP contribution in [0.1, 0.15) is 10.4 Å². The number of fused-ring (bicyclic) bond motifs is 1. The van der Waals surface area contributed by atoms with Crippen LogP contribution in [0.15, 0.2) is 85.3 Å². The van der Waals surface area contributed by atoms with E-state index in [1.54, 1.807) is 37.6 Å². The van der Waals surface area contributed by atoms with E-state index in [-0.39, 0.29) is 5.91 Å². The first kappa shape index (κ1) is 16.7. The smallest absolute Gasteiger partial charge is 0.259 e. The number of rotatable bonds is 4. The monoisotopic (exact) mass is 355 g/mol. The van der Waals surface area contributed by atoms with E-state index in [9.17, 15) is 4.79 Å². The molecule has 0 fully saturated rings. The number of amides is 1. The Bertz CT molecular complexity index is 1080. The Balaban J connectivity index is 1.50. The molecule has 0 atom stereocenters. The van der Waals surface area contributed by atoms with Crippen molar-refractivity contribution in [2.24, 2.45) is 0 Å². The highest BCUT2D eigenvalue weighted by molar-refractivity contribution is 6.05. The average Bonchev–Trinajstić information content (AvgIpc) is 2.74. The maximum absolute atomic E-state index is 12.6. The van der Waals surface area contributed by atoms with Gasteiger partial charge < -0.3 is 9.64 Å². The van der Waals surface area contributed by atoms with Gasteiger partial charge >= 0.3 is 0 Å². The molecule has 2 aromatic carbocycles. The number of nitrogens with zero attached hydrogens (tertiary/aromatic N) is 3. The molecule has 0 radical (unpaired) electrons. The first-order chi connectivity index (χ1) is 13.2. The summed E-state index contributed by atoms with van der Waals surface area (Å²) < 4.78 is 5.82. The Hall–Kier alpha value is -3.73. The third-order valence-electron chi connectivity index (χ3n) is 4.26. The lowest BCUT2D eigenvalue weighted by Crippen LogP contribution is -2.26. The summed E-state index contributed by atoms with van der Waals surface area (Å²) in [6.45, 7) is 0. The van der Waals surface area contributed by atoms with Gasteiger partial charge in [0.05, 0.1) is 17.4 Å². The summed E-state index contributed by atoms with van der Waals surface area (Å²) in [6.07, 6.45) is 4.83. The van der Waals surface area contributed by atoms with Crippen LogP contribution in [0.2, 0.25) is 0 Å². The van der Waals surface area contributed by atoms with E-state index in [0.29, 0.717) is 17.2 Å². The minimum atomic E-state index is -0.159. The van der Waals surface area contributed by atoms with Crippen LogP contribution in [-0.2, 0) is 0 Å². The second-order valence-corrected chi connectivity index (χ2v) is 6.07. The molecule has 1 amide bonds. The van der Waals surface area contributed by atoms with Crippen molar-refractivity contribution in [1.82, 2.24) is 9.97 Å². The van der Waals surface area contributed by atoms with Crippen molar-refractivity contribution in [3.63, 3.8) is 0 Å². The highest BCUT2D eigenvalue weighted by Gasteiger charge is 2.14. The Kier molecular flexibility index (Phi) is 4.49. The fourth-order valence-electron chi connectivity index (χ4n) is 2.78. The molecular formula is C22H17N3O2. The van der Waals surface area contributed by atoms with Crippen LogP contribution < -0.4 is 9.64 Å². The lowest BCUT2D eigenvalue weighted by Gasteiger charge is -2.16. The van der Waals surface area contributed by atoms with Gasteiger partial charge in [-0.2, -0.15) is 0 Å². The molecule has 2 heterocycles. The quantitative estimate of drug-likeness (QED) is 0.532. The average molecular weight is 355 g/mol. The van der Waals surface area contributed by atoms with Crippen molar-refractivity contribution in [1.29, 1.82) is 0 Å². The van der Waals surface area contributed by atoms with Gasteiger partial charge in [0.25, 0.3) is 5.91 Å². The molecule has 0 saturated carbocycles. The third-order valence-corrected chi connectivity index (χ3v) is 4.26. The summed E-state index contributed by atoms with van der Waals surface area (Å²) in [5.74, 6) is 0.978. The SMILES string of the molecule is CN(C(=O)c1ccc(Oc2ccc3ccccc3c2)nc1)c1cccnc1. The van der Waals surface area contributed by atoms with Crippen LogP contribution in [0.25, 0.3) is 10.8 Å². The molecule has 132 valence electrons. The van der Waals surface area contributed by atoms with Crippen molar-refractivity contribution >= 4 is 22.4 Å². The Morgan fingerprint density at radius 1 is 0.926 bits per heavy atom. The number of carbonyl (C=O) groups excluding carboxylic acids is 1. The van der Waals surface area contributed by atoms with Gasteiger partial charge in [-0.05, 0) is 41.1 Å². The topological polar surface area (TPSA) is 55.3 Å². The number of anilines is 1. The predicted octanol–water partition coefficient (Wildman–Crippen LogP) is 4.70. The zero-order valence-corrected chi connectivity index (χ0v) is 14.7. The summed E-state index contributed by atoms with van der Waals surface area (Å²) in [5, 5.41) is 2.25. The largest absolute Gasteiger partial charge is 0.439 e. The molecule has 2 aromatic heterocycles. The second kappa shape index (κ2) is 7.25. The van der Waals surface area contributed by atoms with Crippen molar-refractivity contribution in [3.8, 4) is 11.6 Å². The first-order valence-electron chi connectivity index (χ1n) is 8.51. The maximum atomic E-state index is 12.6. The molecule has 5 heteroatoms. The molecule has 0 unspecified atom stereocenters. The van der Waals surface area contributed by atoms with Gasteiger partial charge in [-0.3, -0.25) is 9.78 Å². The summed E-state index contributed by atoms with van der Waals surface area (Å²) in [6, 6.07) is 21.0. The van der Waals surface area contributed by atoms with Gasteiger partial charge in [0.2, 0.25) is 5.88 Å². The fourth-order valence-corrected chi connectivity index (χ4v) is 2.78. The third kappa shape index (κ3) is 3.62. The number of ether oxygens (including phenoxy) is 1. The standard InChI is InChI=1S/C22H17N3O2/c1-25(19-7-4-12-23-15-19)22(26)18-9-11-21(24-14-18)27-20-10-8-16-5-2-3-6-17(16)13-20/h2-15H,1H3. The molecule has 4 aromatic rings. The lowest BCUT2D eigenvalue weighted by molar-refractivity contribution is 0.0992. The molecule has 27 heavy (non-hydrogen) atoms. The van der Waals surface area contributed by atoms with E-state index in [1.807, 2.05) is 42.5 Å². The van der Waals surface area contributed by atoms with Crippen molar-refractivity contribution in [2.75, 3.05) is 11.9 Å². The highest BCUT2D eigenvalue weighted by atomic mass is 16.5. The number of benzene rings is 2. The minimum absolute atomic E-state index is 0.159. The van der Waals surface area contributed by atoms with E-state index in [2.05, 4.69) is 16.0 Å². The Morgan fingerprint density at radius 3 is 2.52 bits per heavy atom. The van der Waals surface area contributed by atoms with Crippen LogP contribution in [0, 0.1) is 0 Å². The van der Waals surface area contributed by atoms with E-state index in [0.717, 1.165) is 16.5 Å². The minimum Gasteiger partial charge on any atom is -0.439 e. The number of pyridine rings is 2. The fraction of sp³-hybridized carbons (Fsp3) is 0.0455. The zero-order chi connectivity index (χ0) is 18.6. The molecule has 0 aliphatic heterocycles. The van der Waals surface area contributed by atoms with Gasteiger partial charge in [-0.15, -0.1) is 0 Å². The van der Waals surface area contributed by atoms with Crippen LogP contribution in [0.5, 0.6) is 11.6 Å². The Labute approximate surface area is 156 Å². The molecule has 4 rings (SSSR count). The van der Waals surface area contributed by atoms with Gasteiger partial charge in [0.15, 0.2) is 0 Å². The van der Waals surface area contributed by atoms with Crippen LogP contribution >= 0.6 is 0 Å². The normalized spacial score (nSPS) is 10.6. The Morgan fingerprint density at radius 2 is 1.78 bits per heavy atom. The maximum Gasteiger partial charge on any atom is 0.259 e.